The molecule has 2 aromatic heterocycles. The minimum atomic E-state index is 0.367. The van der Waals surface area contributed by atoms with Gasteiger partial charge in [0.2, 0.25) is 0 Å². The Hall–Kier alpha value is -2.49. The maximum atomic E-state index is 5.44. The first-order valence-electron chi connectivity index (χ1n) is 7.37. The Kier molecular flexibility index (Phi) is 3.75. The van der Waals surface area contributed by atoms with E-state index in [-0.39, 0.29) is 0 Å². The molecule has 0 spiro atoms. The van der Waals surface area contributed by atoms with Gasteiger partial charge in [0.1, 0.15) is 17.6 Å². The topological polar surface area (TPSA) is 47.9 Å². The quantitative estimate of drug-likeness (QED) is 0.728. The van der Waals surface area contributed by atoms with Gasteiger partial charge in [-0.2, -0.15) is 0 Å². The van der Waals surface area contributed by atoms with E-state index in [4.69, 9.17) is 4.74 Å². The first kappa shape index (κ1) is 14.4. The molecule has 2 heterocycles. The highest BCUT2D eigenvalue weighted by Crippen LogP contribution is 2.33. The fourth-order valence-corrected chi connectivity index (χ4v) is 2.51. The van der Waals surface area contributed by atoms with Crippen molar-refractivity contribution in [2.24, 2.45) is 0 Å². The Balaban J connectivity index is 2.26. The van der Waals surface area contributed by atoms with Gasteiger partial charge in [0.15, 0.2) is 0 Å². The van der Waals surface area contributed by atoms with E-state index in [0.717, 1.165) is 39.3 Å². The molecule has 0 aliphatic heterocycles. The first-order chi connectivity index (χ1) is 10.6. The van der Waals surface area contributed by atoms with Crippen molar-refractivity contribution in [1.82, 2.24) is 15.0 Å². The summed E-state index contributed by atoms with van der Waals surface area (Å²) in [6.07, 6.45) is 1.63. The van der Waals surface area contributed by atoms with Gasteiger partial charge >= 0.3 is 0 Å². The lowest BCUT2D eigenvalue weighted by atomic mass is 10.0. The minimum absolute atomic E-state index is 0.367. The Morgan fingerprint density at radius 1 is 1.05 bits per heavy atom. The van der Waals surface area contributed by atoms with Gasteiger partial charge < -0.3 is 4.74 Å². The molecule has 3 aromatic rings. The monoisotopic (exact) mass is 293 g/mol. The van der Waals surface area contributed by atoms with Gasteiger partial charge in [-0.3, -0.25) is 0 Å². The Morgan fingerprint density at radius 3 is 2.59 bits per heavy atom. The van der Waals surface area contributed by atoms with E-state index in [1.54, 1.807) is 13.4 Å². The number of nitrogens with zero attached hydrogens (tertiary/aromatic N) is 3. The molecule has 0 N–H and O–H groups in total. The van der Waals surface area contributed by atoms with Crippen LogP contribution in [0, 0.1) is 6.92 Å². The van der Waals surface area contributed by atoms with Crippen LogP contribution < -0.4 is 4.74 Å². The molecule has 1 aromatic carbocycles. The molecule has 0 saturated heterocycles. The van der Waals surface area contributed by atoms with E-state index in [9.17, 15) is 0 Å². The van der Waals surface area contributed by atoms with Gasteiger partial charge in [0.25, 0.3) is 0 Å². The third kappa shape index (κ3) is 2.52. The standard InChI is InChI=1S/C18H19N3O/c1-11(2)15-9-16(20-10-19-15)13-7-8-17(22-4)18-14(13)6-5-12(3)21-18/h5-11H,1-4H3. The average Bonchev–Trinajstić information content (AvgIpc) is 2.53. The number of aromatic nitrogens is 3. The van der Waals surface area contributed by atoms with Crippen LogP contribution in [0.4, 0.5) is 0 Å². The molecular weight excluding hydrogens is 274 g/mol. The molecule has 0 radical (unpaired) electrons. The number of aryl methyl sites for hydroxylation is 1. The molecule has 0 aliphatic rings. The van der Waals surface area contributed by atoms with Gasteiger partial charge in [0.05, 0.1) is 12.8 Å². The van der Waals surface area contributed by atoms with E-state index < -0.39 is 0 Å². The van der Waals surface area contributed by atoms with Crippen LogP contribution in [0.25, 0.3) is 22.2 Å². The van der Waals surface area contributed by atoms with Gasteiger partial charge in [-0.15, -0.1) is 0 Å². The van der Waals surface area contributed by atoms with Crippen molar-refractivity contribution < 1.29 is 4.74 Å². The number of ether oxygens (including phenoxy) is 1. The highest BCUT2D eigenvalue weighted by atomic mass is 16.5. The molecule has 0 fully saturated rings. The van der Waals surface area contributed by atoms with Crippen LogP contribution in [0.1, 0.15) is 31.2 Å². The van der Waals surface area contributed by atoms with E-state index in [1.807, 2.05) is 31.2 Å². The van der Waals surface area contributed by atoms with Crippen molar-refractivity contribution >= 4 is 10.9 Å². The maximum Gasteiger partial charge on any atom is 0.145 e. The Labute approximate surface area is 130 Å². The molecule has 3 rings (SSSR count). The summed E-state index contributed by atoms with van der Waals surface area (Å²) in [5.41, 5.74) is 4.83. The molecule has 0 bridgehead atoms. The van der Waals surface area contributed by atoms with E-state index >= 15 is 0 Å². The van der Waals surface area contributed by atoms with Crippen molar-refractivity contribution in [3.05, 3.63) is 48.0 Å². The second-order valence-corrected chi connectivity index (χ2v) is 5.65. The molecule has 22 heavy (non-hydrogen) atoms. The van der Waals surface area contributed by atoms with Crippen molar-refractivity contribution in [2.45, 2.75) is 26.7 Å². The lowest BCUT2D eigenvalue weighted by Crippen LogP contribution is -1.97. The lowest BCUT2D eigenvalue weighted by molar-refractivity contribution is 0.419. The van der Waals surface area contributed by atoms with Crippen LogP contribution in [0.2, 0.25) is 0 Å². The highest BCUT2D eigenvalue weighted by Gasteiger charge is 2.12. The SMILES string of the molecule is COc1ccc(-c2cc(C(C)C)ncn2)c2ccc(C)nc12. The number of rotatable bonds is 3. The summed E-state index contributed by atoms with van der Waals surface area (Å²) >= 11 is 0. The molecule has 0 aliphatic carbocycles. The Bertz CT molecular complexity index is 828. The minimum Gasteiger partial charge on any atom is -0.494 e. The number of hydrogen-bond acceptors (Lipinski definition) is 4. The molecule has 0 saturated carbocycles. The summed E-state index contributed by atoms with van der Waals surface area (Å²) in [5, 5.41) is 1.04. The van der Waals surface area contributed by atoms with Crippen molar-refractivity contribution in [2.75, 3.05) is 7.11 Å². The van der Waals surface area contributed by atoms with Crippen LogP contribution in [0.15, 0.2) is 36.7 Å². The van der Waals surface area contributed by atoms with Gasteiger partial charge in [-0.05, 0) is 37.1 Å². The summed E-state index contributed by atoms with van der Waals surface area (Å²) in [6.45, 7) is 6.24. The van der Waals surface area contributed by atoms with Crippen LogP contribution in [0.5, 0.6) is 5.75 Å². The zero-order chi connectivity index (χ0) is 15.7. The summed E-state index contributed by atoms with van der Waals surface area (Å²) in [5.74, 6) is 1.15. The third-order valence-electron chi connectivity index (χ3n) is 3.74. The summed E-state index contributed by atoms with van der Waals surface area (Å²) in [4.78, 5) is 13.4. The van der Waals surface area contributed by atoms with Gasteiger partial charge in [0, 0.05) is 22.3 Å². The summed E-state index contributed by atoms with van der Waals surface area (Å²) < 4.78 is 5.44. The molecule has 4 nitrogen and oxygen atoms in total. The molecule has 4 heteroatoms. The second kappa shape index (κ2) is 5.72. The van der Waals surface area contributed by atoms with Crippen molar-refractivity contribution in [3.8, 4) is 17.0 Å². The average molecular weight is 293 g/mol. The fourth-order valence-electron chi connectivity index (χ4n) is 2.51. The number of pyridine rings is 1. The van der Waals surface area contributed by atoms with Crippen LogP contribution in [-0.4, -0.2) is 22.1 Å². The number of benzene rings is 1. The van der Waals surface area contributed by atoms with Crippen LogP contribution >= 0.6 is 0 Å². The number of methoxy groups -OCH3 is 1. The van der Waals surface area contributed by atoms with Crippen LogP contribution in [-0.2, 0) is 0 Å². The molecular formula is C18H19N3O. The lowest BCUT2D eigenvalue weighted by Gasteiger charge is -2.11. The first-order valence-corrected chi connectivity index (χ1v) is 7.37. The molecule has 0 atom stereocenters. The predicted octanol–water partition coefficient (Wildman–Crippen LogP) is 4.13. The van der Waals surface area contributed by atoms with Crippen molar-refractivity contribution in [3.63, 3.8) is 0 Å². The third-order valence-corrected chi connectivity index (χ3v) is 3.74. The van der Waals surface area contributed by atoms with Gasteiger partial charge in [-0.25, -0.2) is 15.0 Å². The normalized spacial score (nSPS) is 11.1. The zero-order valence-corrected chi connectivity index (χ0v) is 13.3. The maximum absolute atomic E-state index is 5.44. The predicted molar refractivity (Wildman–Crippen MR) is 88.1 cm³/mol. The van der Waals surface area contributed by atoms with Crippen molar-refractivity contribution in [1.29, 1.82) is 0 Å². The second-order valence-electron chi connectivity index (χ2n) is 5.65. The number of fused-ring (bicyclic) bond motifs is 1. The molecule has 112 valence electrons. The van der Waals surface area contributed by atoms with Crippen LogP contribution in [0.3, 0.4) is 0 Å². The van der Waals surface area contributed by atoms with E-state index in [1.165, 1.54) is 0 Å². The molecule has 0 unspecified atom stereocenters. The number of hydrogen-bond donors (Lipinski definition) is 0. The fraction of sp³-hybridized carbons (Fsp3) is 0.278. The molecule has 0 amide bonds. The largest absolute Gasteiger partial charge is 0.494 e. The summed E-state index contributed by atoms with van der Waals surface area (Å²) in [6, 6.07) is 10.1. The van der Waals surface area contributed by atoms with Gasteiger partial charge in [-0.1, -0.05) is 19.9 Å². The van der Waals surface area contributed by atoms with E-state index in [2.05, 4.69) is 34.9 Å². The smallest absolute Gasteiger partial charge is 0.145 e. The summed E-state index contributed by atoms with van der Waals surface area (Å²) in [7, 11) is 1.67. The zero-order valence-electron chi connectivity index (χ0n) is 13.3. The highest BCUT2D eigenvalue weighted by molar-refractivity contribution is 5.97. The van der Waals surface area contributed by atoms with E-state index in [0.29, 0.717) is 5.92 Å². The Morgan fingerprint density at radius 2 is 1.86 bits per heavy atom.